The minimum atomic E-state index is -0.0373. The zero-order chi connectivity index (χ0) is 15.1. The molecule has 0 aromatic heterocycles. The third kappa shape index (κ3) is 3.85. The van der Waals surface area contributed by atoms with Crippen molar-refractivity contribution in [1.29, 1.82) is 0 Å². The van der Waals surface area contributed by atoms with Crippen LogP contribution in [0.5, 0.6) is 11.5 Å². The number of hydrogen-bond acceptors (Lipinski definition) is 3. The van der Waals surface area contributed by atoms with Crippen LogP contribution < -0.4 is 9.47 Å². The Kier molecular flexibility index (Phi) is 5.38. The number of carbonyl (C=O) groups is 1. The van der Waals surface area contributed by atoms with E-state index in [1.807, 2.05) is 44.2 Å². The van der Waals surface area contributed by atoms with Crippen molar-refractivity contribution in [2.24, 2.45) is 0 Å². The van der Waals surface area contributed by atoms with E-state index in [2.05, 4.69) is 0 Å². The van der Waals surface area contributed by atoms with Gasteiger partial charge in [-0.25, -0.2) is 0 Å². The highest BCUT2D eigenvalue weighted by Gasteiger charge is 2.14. The molecule has 0 aliphatic rings. The van der Waals surface area contributed by atoms with Crippen LogP contribution in [-0.4, -0.2) is 19.0 Å². The molecule has 0 unspecified atom stereocenters. The van der Waals surface area contributed by atoms with E-state index < -0.39 is 0 Å². The molecule has 0 fully saturated rings. The fourth-order valence-corrected chi connectivity index (χ4v) is 2.02. The molecule has 0 N–H and O–H groups in total. The highest BCUT2D eigenvalue weighted by atomic mass is 16.5. The fraction of sp³-hybridized carbons (Fsp3) is 0.278. The summed E-state index contributed by atoms with van der Waals surface area (Å²) in [6.45, 7) is 5.19. The Labute approximate surface area is 125 Å². The van der Waals surface area contributed by atoms with Crippen LogP contribution in [0.3, 0.4) is 0 Å². The third-order valence-electron chi connectivity index (χ3n) is 3.02. The maximum atomic E-state index is 12.6. The van der Waals surface area contributed by atoms with Crippen LogP contribution in [0.2, 0.25) is 0 Å². The summed E-state index contributed by atoms with van der Waals surface area (Å²) in [4.78, 5) is 12.6. The monoisotopic (exact) mass is 284 g/mol. The topological polar surface area (TPSA) is 35.5 Å². The van der Waals surface area contributed by atoms with Crippen LogP contribution in [0, 0.1) is 0 Å². The van der Waals surface area contributed by atoms with Gasteiger partial charge in [0.2, 0.25) is 0 Å². The molecule has 2 aromatic rings. The summed E-state index contributed by atoms with van der Waals surface area (Å²) in [5.41, 5.74) is 1.22. The highest BCUT2D eigenvalue weighted by molar-refractivity contribution is 6.10. The second-order valence-corrected chi connectivity index (χ2v) is 4.63. The van der Waals surface area contributed by atoms with E-state index in [0.29, 0.717) is 30.1 Å². The molecule has 0 amide bonds. The van der Waals surface area contributed by atoms with Crippen molar-refractivity contribution >= 4 is 5.78 Å². The van der Waals surface area contributed by atoms with Crippen molar-refractivity contribution in [1.82, 2.24) is 0 Å². The lowest BCUT2D eigenvalue weighted by Crippen LogP contribution is -2.06. The summed E-state index contributed by atoms with van der Waals surface area (Å²) in [6.07, 6.45) is 0.908. The lowest BCUT2D eigenvalue weighted by Gasteiger charge is -2.10. The van der Waals surface area contributed by atoms with Gasteiger partial charge in [-0.1, -0.05) is 19.1 Å². The zero-order valence-electron chi connectivity index (χ0n) is 12.5. The standard InChI is InChI=1S/C18H20O3/c1-3-13-21-17-8-6-5-7-16(17)18(19)14-9-11-15(12-10-14)20-4-2/h5-12H,3-4,13H2,1-2H3. The van der Waals surface area contributed by atoms with Gasteiger partial charge in [0.25, 0.3) is 0 Å². The first-order valence-corrected chi connectivity index (χ1v) is 7.25. The van der Waals surface area contributed by atoms with Gasteiger partial charge in [-0.2, -0.15) is 0 Å². The van der Waals surface area contributed by atoms with Gasteiger partial charge in [-0.05, 0) is 49.7 Å². The lowest BCUT2D eigenvalue weighted by atomic mass is 10.0. The minimum Gasteiger partial charge on any atom is -0.494 e. The number of ketones is 1. The van der Waals surface area contributed by atoms with Crippen molar-refractivity contribution in [2.75, 3.05) is 13.2 Å². The molecule has 0 saturated carbocycles. The maximum Gasteiger partial charge on any atom is 0.196 e. The first kappa shape index (κ1) is 15.1. The number of carbonyl (C=O) groups excluding carboxylic acids is 1. The van der Waals surface area contributed by atoms with Crippen LogP contribution in [0.15, 0.2) is 48.5 Å². The first-order chi connectivity index (χ1) is 10.3. The van der Waals surface area contributed by atoms with Crippen molar-refractivity contribution in [3.8, 4) is 11.5 Å². The van der Waals surface area contributed by atoms with E-state index in [4.69, 9.17) is 9.47 Å². The molecule has 0 aliphatic heterocycles. The van der Waals surface area contributed by atoms with E-state index in [-0.39, 0.29) is 5.78 Å². The number of benzene rings is 2. The normalized spacial score (nSPS) is 10.2. The van der Waals surface area contributed by atoms with Gasteiger partial charge in [-0.15, -0.1) is 0 Å². The van der Waals surface area contributed by atoms with Crippen LogP contribution in [-0.2, 0) is 0 Å². The molecule has 0 heterocycles. The van der Waals surface area contributed by atoms with Crippen LogP contribution in [0.25, 0.3) is 0 Å². The zero-order valence-corrected chi connectivity index (χ0v) is 12.5. The Hall–Kier alpha value is -2.29. The van der Waals surface area contributed by atoms with Crippen LogP contribution >= 0.6 is 0 Å². The maximum absolute atomic E-state index is 12.6. The predicted molar refractivity (Wildman–Crippen MR) is 83.3 cm³/mol. The van der Waals surface area contributed by atoms with E-state index in [9.17, 15) is 4.79 Å². The Bertz CT molecular complexity index is 588. The molecule has 0 bridgehead atoms. The molecule has 0 spiro atoms. The fourth-order valence-electron chi connectivity index (χ4n) is 2.02. The number of para-hydroxylation sites is 1. The molecule has 110 valence electrons. The number of ether oxygens (including phenoxy) is 2. The second kappa shape index (κ2) is 7.48. The molecular weight excluding hydrogens is 264 g/mol. The largest absolute Gasteiger partial charge is 0.494 e. The Morgan fingerprint density at radius 1 is 0.952 bits per heavy atom. The van der Waals surface area contributed by atoms with E-state index in [1.54, 1.807) is 18.2 Å². The molecule has 2 rings (SSSR count). The van der Waals surface area contributed by atoms with Crippen molar-refractivity contribution in [2.45, 2.75) is 20.3 Å². The van der Waals surface area contributed by atoms with Gasteiger partial charge in [0.05, 0.1) is 18.8 Å². The molecule has 0 aliphatic carbocycles. The lowest BCUT2D eigenvalue weighted by molar-refractivity contribution is 0.103. The van der Waals surface area contributed by atoms with Gasteiger partial charge < -0.3 is 9.47 Å². The SMILES string of the molecule is CCCOc1ccccc1C(=O)c1ccc(OCC)cc1. The Balaban J connectivity index is 2.23. The minimum absolute atomic E-state index is 0.0373. The summed E-state index contributed by atoms with van der Waals surface area (Å²) < 4.78 is 11.0. The highest BCUT2D eigenvalue weighted by Crippen LogP contribution is 2.23. The molecule has 0 radical (unpaired) electrons. The first-order valence-electron chi connectivity index (χ1n) is 7.25. The van der Waals surface area contributed by atoms with Crippen LogP contribution in [0.4, 0.5) is 0 Å². The summed E-state index contributed by atoms with van der Waals surface area (Å²) >= 11 is 0. The average Bonchev–Trinajstić information content (AvgIpc) is 2.53. The van der Waals surface area contributed by atoms with Gasteiger partial charge in [0, 0.05) is 5.56 Å². The molecule has 0 atom stereocenters. The molecule has 2 aromatic carbocycles. The molecule has 3 nitrogen and oxygen atoms in total. The second-order valence-electron chi connectivity index (χ2n) is 4.63. The predicted octanol–water partition coefficient (Wildman–Crippen LogP) is 4.11. The summed E-state index contributed by atoms with van der Waals surface area (Å²) in [5.74, 6) is 1.37. The smallest absolute Gasteiger partial charge is 0.196 e. The van der Waals surface area contributed by atoms with Crippen molar-refractivity contribution < 1.29 is 14.3 Å². The summed E-state index contributed by atoms with van der Waals surface area (Å²) in [7, 11) is 0. The van der Waals surface area contributed by atoms with Gasteiger partial charge in [0.1, 0.15) is 11.5 Å². The third-order valence-corrected chi connectivity index (χ3v) is 3.02. The van der Waals surface area contributed by atoms with Gasteiger partial charge in [-0.3, -0.25) is 4.79 Å². The molecule has 0 saturated heterocycles. The van der Waals surface area contributed by atoms with Crippen molar-refractivity contribution in [3.05, 3.63) is 59.7 Å². The number of hydrogen-bond donors (Lipinski definition) is 0. The quantitative estimate of drug-likeness (QED) is 0.718. The average molecular weight is 284 g/mol. The Morgan fingerprint density at radius 3 is 2.33 bits per heavy atom. The molecule has 21 heavy (non-hydrogen) atoms. The molecule has 3 heteroatoms. The number of rotatable bonds is 7. The van der Waals surface area contributed by atoms with E-state index in [1.165, 1.54) is 0 Å². The van der Waals surface area contributed by atoms with E-state index in [0.717, 1.165) is 12.2 Å². The summed E-state index contributed by atoms with van der Waals surface area (Å²) in [5, 5.41) is 0. The molecular formula is C18H20O3. The van der Waals surface area contributed by atoms with Crippen LogP contribution in [0.1, 0.15) is 36.2 Å². The van der Waals surface area contributed by atoms with Crippen molar-refractivity contribution in [3.63, 3.8) is 0 Å². The van der Waals surface area contributed by atoms with E-state index >= 15 is 0 Å². The summed E-state index contributed by atoms with van der Waals surface area (Å²) in [6, 6.07) is 14.5. The van der Waals surface area contributed by atoms with Gasteiger partial charge in [0.15, 0.2) is 5.78 Å². The Morgan fingerprint density at radius 2 is 1.67 bits per heavy atom. The van der Waals surface area contributed by atoms with Gasteiger partial charge >= 0.3 is 0 Å².